The van der Waals surface area contributed by atoms with Crippen LogP contribution in [0.2, 0.25) is 10.0 Å². The van der Waals surface area contributed by atoms with Gasteiger partial charge in [-0.3, -0.25) is 9.59 Å². The van der Waals surface area contributed by atoms with E-state index in [0.29, 0.717) is 22.0 Å². The van der Waals surface area contributed by atoms with Crippen LogP contribution in [0.15, 0.2) is 77.7 Å². The van der Waals surface area contributed by atoms with Gasteiger partial charge in [-0.1, -0.05) is 59.6 Å². The van der Waals surface area contributed by atoms with E-state index < -0.39 is 17.6 Å². The number of amides is 2. The number of carbonyl (C=O) groups is 2. The van der Waals surface area contributed by atoms with E-state index in [4.69, 9.17) is 23.2 Å². The summed E-state index contributed by atoms with van der Waals surface area (Å²) in [7, 11) is 0. The van der Waals surface area contributed by atoms with Crippen LogP contribution in [0.5, 0.6) is 0 Å². The highest BCUT2D eigenvalue weighted by Crippen LogP contribution is 2.41. The van der Waals surface area contributed by atoms with Crippen molar-refractivity contribution in [2.24, 2.45) is 0 Å². The molecule has 4 rings (SSSR count). The highest BCUT2D eigenvalue weighted by Gasteiger charge is 2.40. The molecule has 1 aliphatic heterocycles. The van der Waals surface area contributed by atoms with Gasteiger partial charge in [-0.25, -0.2) is 9.29 Å². The lowest BCUT2D eigenvalue weighted by Gasteiger charge is -2.15. The first-order valence-corrected chi connectivity index (χ1v) is 10.7. The maximum absolute atomic E-state index is 13.4. The van der Waals surface area contributed by atoms with Crippen molar-refractivity contribution in [2.75, 3.05) is 4.90 Å². The van der Waals surface area contributed by atoms with Crippen LogP contribution in [0.4, 0.5) is 10.1 Å². The lowest BCUT2D eigenvalue weighted by molar-refractivity contribution is -0.119. The molecule has 3 aromatic rings. The molecule has 0 aliphatic carbocycles. The predicted molar refractivity (Wildman–Crippen MR) is 120 cm³/mol. The van der Waals surface area contributed by atoms with Gasteiger partial charge in [0.1, 0.15) is 5.82 Å². The van der Waals surface area contributed by atoms with Gasteiger partial charge in [-0.05, 0) is 42.0 Å². The molecule has 0 spiro atoms. The highest BCUT2D eigenvalue weighted by molar-refractivity contribution is 8.03. The van der Waals surface area contributed by atoms with E-state index in [-0.39, 0.29) is 15.5 Å². The Bertz CT molecular complexity index is 1160. The fourth-order valence-electron chi connectivity index (χ4n) is 3.13. The monoisotopic (exact) mass is 457 g/mol. The minimum atomic E-state index is -0.508. The van der Waals surface area contributed by atoms with Crippen LogP contribution in [0.1, 0.15) is 11.1 Å². The molecule has 3 aromatic carbocycles. The third kappa shape index (κ3) is 4.01. The molecule has 0 bridgehead atoms. The van der Waals surface area contributed by atoms with Gasteiger partial charge in [-0.2, -0.15) is 0 Å². The lowest BCUT2D eigenvalue weighted by atomic mass is 10.1. The summed E-state index contributed by atoms with van der Waals surface area (Å²) >= 11 is 13.6. The average Bonchev–Trinajstić information content (AvgIpc) is 2.98. The van der Waals surface area contributed by atoms with Gasteiger partial charge in [0.15, 0.2) is 0 Å². The molecular weight excluding hydrogens is 444 g/mol. The number of rotatable bonds is 5. The van der Waals surface area contributed by atoms with Gasteiger partial charge < -0.3 is 0 Å². The SMILES string of the molecule is O=C1C(SCc2ccccc2)=C(c2ccc(Cl)cc2Cl)C(=O)N1c1ccc(F)cc1. The molecule has 1 aliphatic rings. The van der Waals surface area contributed by atoms with Crippen molar-refractivity contribution >= 4 is 58.0 Å². The van der Waals surface area contributed by atoms with E-state index in [1.165, 1.54) is 42.1 Å². The molecular formula is C23H14Cl2FNO2S. The number of nitrogens with zero attached hydrogens (tertiary/aromatic N) is 1. The normalized spacial score (nSPS) is 14.0. The summed E-state index contributed by atoms with van der Waals surface area (Å²) in [6, 6.07) is 19.6. The number of carbonyl (C=O) groups excluding carboxylic acids is 2. The fourth-order valence-corrected chi connectivity index (χ4v) is 4.69. The number of thioether (sulfide) groups is 1. The van der Waals surface area contributed by atoms with Gasteiger partial charge in [-0.15, -0.1) is 11.8 Å². The van der Waals surface area contributed by atoms with E-state index in [1.54, 1.807) is 12.1 Å². The lowest BCUT2D eigenvalue weighted by Crippen LogP contribution is -2.31. The molecule has 0 radical (unpaired) electrons. The van der Waals surface area contributed by atoms with E-state index in [1.807, 2.05) is 30.3 Å². The van der Waals surface area contributed by atoms with Crippen LogP contribution in [0.25, 0.3) is 5.57 Å². The summed E-state index contributed by atoms with van der Waals surface area (Å²) in [4.78, 5) is 27.9. The minimum absolute atomic E-state index is 0.215. The van der Waals surface area contributed by atoms with Crippen LogP contribution in [-0.2, 0) is 15.3 Å². The van der Waals surface area contributed by atoms with E-state index >= 15 is 0 Å². The zero-order chi connectivity index (χ0) is 21.3. The molecule has 1 heterocycles. The van der Waals surface area contributed by atoms with Crippen LogP contribution in [0, 0.1) is 5.82 Å². The number of hydrogen-bond acceptors (Lipinski definition) is 3. The van der Waals surface area contributed by atoms with Gasteiger partial charge in [0.25, 0.3) is 11.8 Å². The van der Waals surface area contributed by atoms with Crippen molar-refractivity contribution in [1.82, 2.24) is 0 Å². The van der Waals surface area contributed by atoms with Crippen LogP contribution in [0.3, 0.4) is 0 Å². The molecule has 0 saturated carbocycles. The Kier molecular flexibility index (Phi) is 5.95. The van der Waals surface area contributed by atoms with Gasteiger partial charge in [0.2, 0.25) is 0 Å². The third-order valence-electron chi connectivity index (χ3n) is 4.55. The van der Waals surface area contributed by atoms with Gasteiger partial charge in [0, 0.05) is 16.3 Å². The molecule has 150 valence electrons. The van der Waals surface area contributed by atoms with Crippen LogP contribution >= 0.6 is 35.0 Å². The zero-order valence-corrected chi connectivity index (χ0v) is 17.8. The van der Waals surface area contributed by atoms with E-state index in [2.05, 4.69) is 0 Å². The highest BCUT2D eigenvalue weighted by atomic mass is 35.5. The Morgan fingerprint density at radius 3 is 2.23 bits per heavy atom. The molecule has 2 amide bonds. The number of hydrogen-bond donors (Lipinski definition) is 0. The van der Waals surface area contributed by atoms with Crippen molar-refractivity contribution in [3.8, 4) is 0 Å². The number of benzene rings is 3. The summed E-state index contributed by atoms with van der Waals surface area (Å²) in [5.74, 6) is -0.924. The van der Waals surface area contributed by atoms with Gasteiger partial charge >= 0.3 is 0 Å². The Morgan fingerprint density at radius 1 is 0.867 bits per heavy atom. The third-order valence-corrected chi connectivity index (χ3v) is 6.25. The standard InChI is InChI=1S/C23H14Cl2FNO2S/c24-15-6-11-18(19(25)12-15)20-21(30-13-14-4-2-1-3-5-14)23(29)27(22(20)28)17-9-7-16(26)8-10-17/h1-12H,13H2. The molecule has 7 heteroatoms. The molecule has 0 saturated heterocycles. The molecule has 0 fully saturated rings. The number of anilines is 1. The van der Waals surface area contributed by atoms with Crippen LogP contribution in [-0.4, -0.2) is 11.8 Å². The number of imide groups is 1. The second-order valence-electron chi connectivity index (χ2n) is 6.52. The Hall–Kier alpha value is -2.60. The predicted octanol–water partition coefficient (Wildman–Crippen LogP) is 6.35. The van der Waals surface area contributed by atoms with Crippen molar-refractivity contribution < 1.29 is 14.0 Å². The first kappa shape index (κ1) is 20.7. The van der Waals surface area contributed by atoms with E-state index in [9.17, 15) is 14.0 Å². The summed E-state index contributed by atoms with van der Waals surface area (Å²) in [6.45, 7) is 0. The fraction of sp³-hybridized carbons (Fsp3) is 0.0435. The largest absolute Gasteiger partial charge is 0.272 e. The summed E-state index contributed by atoms with van der Waals surface area (Å²) in [5.41, 5.74) is 1.95. The summed E-state index contributed by atoms with van der Waals surface area (Å²) in [6.07, 6.45) is 0. The topological polar surface area (TPSA) is 37.4 Å². The van der Waals surface area contributed by atoms with E-state index in [0.717, 1.165) is 10.5 Å². The van der Waals surface area contributed by atoms with Crippen molar-refractivity contribution in [3.05, 3.63) is 105 Å². The van der Waals surface area contributed by atoms with Crippen molar-refractivity contribution in [1.29, 1.82) is 0 Å². The quantitative estimate of drug-likeness (QED) is 0.418. The van der Waals surface area contributed by atoms with Crippen LogP contribution < -0.4 is 4.90 Å². The first-order chi connectivity index (χ1) is 14.5. The molecule has 0 atom stereocenters. The van der Waals surface area contributed by atoms with Crippen molar-refractivity contribution in [2.45, 2.75) is 5.75 Å². The van der Waals surface area contributed by atoms with Gasteiger partial charge in [0.05, 0.1) is 21.2 Å². The molecule has 0 unspecified atom stereocenters. The van der Waals surface area contributed by atoms with Crippen molar-refractivity contribution in [3.63, 3.8) is 0 Å². The molecule has 3 nitrogen and oxygen atoms in total. The average molecular weight is 458 g/mol. The minimum Gasteiger partial charge on any atom is -0.268 e. The smallest absolute Gasteiger partial charge is 0.268 e. The summed E-state index contributed by atoms with van der Waals surface area (Å²) in [5, 5.41) is 0.701. The maximum atomic E-state index is 13.4. The zero-order valence-electron chi connectivity index (χ0n) is 15.4. The Labute approximate surface area is 187 Å². The Balaban J connectivity index is 1.78. The Morgan fingerprint density at radius 2 is 1.57 bits per heavy atom. The molecule has 30 heavy (non-hydrogen) atoms. The second-order valence-corrected chi connectivity index (χ2v) is 8.35. The number of halogens is 3. The first-order valence-electron chi connectivity index (χ1n) is 8.96. The molecule has 0 N–H and O–H groups in total. The molecule has 0 aromatic heterocycles. The maximum Gasteiger partial charge on any atom is 0.272 e. The second kappa shape index (κ2) is 8.64. The summed E-state index contributed by atoms with van der Waals surface area (Å²) < 4.78 is 13.4.